The zero-order chi connectivity index (χ0) is 15.5. The number of aliphatic hydroxyl groups is 1. The molecule has 2 rings (SSSR count). The van der Waals surface area contributed by atoms with Crippen molar-refractivity contribution in [2.75, 3.05) is 19.6 Å². The Morgan fingerprint density at radius 1 is 1.19 bits per heavy atom. The van der Waals surface area contributed by atoms with E-state index in [-0.39, 0.29) is 0 Å². The first-order valence-electron chi connectivity index (χ1n) is 9.08. The summed E-state index contributed by atoms with van der Waals surface area (Å²) in [6, 6.07) is 1.43. The van der Waals surface area contributed by atoms with Crippen LogP contribution in [0, 0.1) is 11.8 Å². The summed E-state index contributed by atoms with van der Waals surface area (Å²) in [5.41, 5.74) is -0.587. The fourth-order valence-corrected chi connectivity index (χ4v) is 3.76. The zero-order valence-electron chi connectivity index (χ0n) is 14.6. The van der Waals surface area contributed by atoms with Crippen LogP contribution in [0.3, 0.4) is 0 Å². The van der Waals surface area contributed by atoms with Crippen molar-refractivity contribution < 1.29 is 5.11 Å². The molecular weight excluding hydrogens is 260 g/mol. The van der Waals surface area contributed by atoms with E-state index in [0.29, 0.717) is 12.0 Å². The predicted molar refractivity (Wildman–Crippen MR) is 89.5 cm³/mol. The summed E-state index contributed by atoms with van der Waals surface area (Å²) < 4.78 is 0. The standard InChI is InChI=1S/C18H36N2O/c1-14(2)18(4,21)13-19-16-8-10-20(11-9-16)17-7-5-6-15(3)12-17/h14-17,19,21H,5-13H2,1-4H3. The van der Waals surface area contributed by atoms with Gasteiger partial charge in [0.25, 0.3) is 0 Å². The van der Waals surface area contributed by atoms with E-state index in [2.05, 4.69) is 31.0 Å². The Bertz CT molecular complexity index is 308. The van der Waals surface area contributed by atoms with E-state index in [0.717, 1.165) is 18.5 Å². The quantitative estimate of drug-likeness (QED) is 0.818. The summed E-state index contributed by atoms with van der Waals surface area (Å²) >= 11 is 0. The van der Waals surface area contributed by atoms with Crippen LogP contribution in [0.5, 0.6) is 0 Å². The molecule has 0 aromatic rings. The number of hydrogen-bond acceptors (Lipinski definition) is 3. The van der Waals surface area contributed by atoms with Crippen LogP contribution < -0.4 is 5.32 Å². The molecule has 1 saturated heterocycles. The van der Waals surface area contributed by atoms with Crippen molar-refractivity contribution in [2.24, 2.45) is 11.8 Å². The van der Waals surface area contributed by atoms with Crippen molar-refractivity contribution in [1.29, 1.82) is 0 Å². The lowest BCUT2D eigenvalue weighted by Gasteiger charge is -2.41. The topological polar surface area (TPSA) is 35.5 Å². The Hall–Kier alpha value is -0.120. The molecule has 0 bridgehead atoms. The lowest BCUT2D eigenvalue weighted by molar-refractivity contribution is 0.00828. The fraction of sp³-hybridized carbons (Fsp3) is 1.00. The number of piperidine rings is 1. The van der Waals surface area contributed by atoms with E-state index in [1.807, 2.05) is 6.92 Å². The first-order chi connectivity index (χ1) is 9.88. The van der Waals surface area contributed by atoms with Gasteiger partial charge in [-0.1, -0.05) is 33.6 Å². The van der Waals surface area contributed by atoms with Crippen LogP contribution in [-0.2, 0) is 0 Å². The Morgan fingerprint density at radius 2 is 1.86 bits per heavy atom. The normalized spacial score (nSPS) is 32.3. The first-order valence-corrected chi connectivity index (χ1v) is 9.08. The molecule has 21 heavy (non-hydrogen) atoms. The molecule has 0 radical (unpaired) electrons. The summed E-state index contributed by atoms with van der Waals surface area (Å²) in [5.74, 6) is 1.22. The maximum absolute atomic E-state index is 10.3. The summed E-state index contributed by atoms with van der Waals surface area (Å²) in [4.78, 5) is 2.73. The minimum Gasteiger partial charge on any atom is -0.389 e. The van der Waals surface area contributed by atoms with E-state index in [1.165, 1.54) is 51.6 Å². The molecule has 1 aliphatic heterocycles. The molecule has 2 N–H and O–H groups in total. The van der Waals surface area contributed by atoms with E-state index >= 15 is 0 Å². The molecule has 1 saturated carbocycles. The molecule has 1 aliphatic carbocycles. The highest BCUT2D eigenvalue weighted by molar-refractivity contribution is 4.87. The number of nitrogens with one attached hydrogen (secondary N) is 1. The van der Waals surface area contributed by atoms with Gasteiger partial charge >= 0.3 is 0 Å². The van der Waals surface area contributed by atoms with E-state index in [1.54, 1.807) is 0 Å². The molecule has 0 spiro atoms. The fourth-order valence-electron chi connectivity index (χ4n) is 3.76. The molecule has 3 nitrogen and oxygen atoms in total. The van der Waals surface area contributed by atoms with E-state index < -0.39 is 5.60 Å². The number of likely N-dealkylation sites (tertiary alicyclic amines) is 1. The predicted octanol–water partition coefficient (Wildman–Crippen LogP) is 3.03. The van der Waals surface area contributed by atoms with Gasteiger partial charge in [0.05, 0.1) is 5.60 Å². The smallest absolute Gasteiger partial charge is 0.0766 e. The van der Waals surface area contributed by atoms with Crippen molar-refractivity contribution in [3.8, 4) is 0 Å². The molecular formula is C18H36N2O. The summed E-state index contributed by atoms with van der Waals surface area (Å²) in [6.07, 6.45) is 8.13. The average molecular weight is 296 g/mol. The highest BCUT2D eigenvalue weighted by Gasteiger charge is 2.30. The Morgan fingerprint density at radius 3 is 2.43 bits per heavy atom. The molecule has 2 fully saturated rings. The lowest BCUT2D eigenvalue weighted by atomic mass is 9.85. The maximum atomic E-state index is 10.3. The van der Waals surface area contributed by atoms with Crippen molar-refractivity contribution in [3.63, 3.8) is 0 Å². The Balaban J connectivity index is 1.71. The second kappa shape index (κ2) is 7.43. The lowest BCUT2D eigenvalue weighted by Crippen LogP contribution is -2.51. The van der Waals surface area contributed by atoms with Gasteiger partial charge in [0.15, 0.2) is 0 Å². The molecule has 3 heteroatoms. The molecule has 0 aromatic heterocycles. The van der Waals surface area contributed by atoms with Gasteiger partial charge in [0, 0.05) is 18.6 Å². The van der Waals surface area contributed by atoms with Crippen molar-refractivity contribution >= 4 is 0 Å². The molecule has 1 heterocycles. The van der Waals surface area contributed by atoms with Gasteiger partial charge in [-0.3, -0.25) is 0 Å². The minimum atomic E-state index is -0.587. The molecule has 3 atom stereocenters. The van der Waals surface area contributed by atoms with Crippen molar-refractivity contribution in [1.82, 2.24) is 10.2 Å². The maximum Gasteiger partial charge on any atom is 0.0766 e. The van der Waals surface area contributed by atoms with Crippen LogP contribution in [0.25, 0.3) is 0 Å². The summed E-state index contributed by atoms with van der Waals surface area (Å²) in [6.45, 7) is 11.7. The summed E-state index contributed by atoms with van der Waals surface area (Å²) in [5, 5.41) is 13.9. The molecule has 0 amide bonds. The third-order valence-corrected chi connectivity index (χ3v) is 5.95. The SMILES string of the molecule is CC1CCCC(N2CCC(NCC(C)(O)C(C)C)CC2)C1. The largest absolute Gasteiger partial charge is 0.389 e. The third kappa shape index (κ3) is 4.94. The van der Waals surface area contributed by atoms with Gasteiger partial charge in [-0.15, -0.1) is 0 Å². The van der Waals surface area contributed by atoms with Gasteiger partial charge in [-0.05, 0) is 57.5 Å². The van der Waals surface area contributed by atoms with Crippen LogP contribution in [0.15, 0.2) is 0 Å². The van der Waals surface area contributed by atoms with Gasteiger partial charge in [-0.2, -0.15) is 0 Å². The second-order valence-electron chi connectivity index (χ2n) is 8.13. The Labute approximate surface area is 131 Å². The van der Waals surface area contributed by atoms with Crippen LogP contribution in [0.2, 0.25) is 0 Å². The highest BCUT2D eigenvalue weighted by Crippen LogP contribution is 2.29. The van der Waals surface area contributed by atoms with Crippen molar-refractivity contribution in [2.45, 2.75) is 83.9 Å². The molecule has 3 unspecified atom stereocenters. The number of hydrogen-bond donors (Lipinski definition) is 2. The minimum absolute atomic E-state index is 0.300. The Kier molecular flexibility index (Phi) is 6.10. The zero-order valence-corrected chi connectivity index (χ0v) is 14.6. The van der Waals surface area contributed by atoms with Gasteiger partial charge in [-0.25, -0.2) is 0 Å². The molecule has 0 aromatic carbocycles. The van der Waals surface area contributed by atoms with Crippen LogP contribution in [-0.4, -0.2) is 47.3 Å². The second-order valence-corrected chi connectivity index (χ2v) is 8.13. The van der Waals surface area contributed by atoms with Gasteiger partial charge in [0.1, 0.15) is 0 Å². The monoisotopic (exact) mass is 296 g/mol. The summed E-state index contributed by atoms with van der Waals surface area (Å²) in [7, 11) is 0. The third-order valence-electron chi connectivity index (χ3n) is 5.95. The van der Waals surface area contributed by atoms with Gasteiger partial charge in [0.2, 0.25) is 0 Å². The number of nitrogens with zero attached hydrogens (tertiary/aromatic N) is 1. The van der Waals surface area contributed by atoms with Crippen LogP contribution in [0.1, 0.15) is 66.2 Å². The average Bonchev–Trinajstić information content (AvgIpc) is 2.45. The molecule has 2 aliphatic rings. The molecule has 124 valence electrons. The highest BCUT2D eigenvalue weighted by atomic mass is 16.3. The van der Waals surface area contributed by atoms with E-state index in [9.17, 15) is 5.11 Å². The van der Waals surface area contributed by atoms with Gasteiger partial charge < -0.3 is 15.3 Å². The number of rotatable bonds is 5. The van der Waals surface area contributed by atoms with Crippen molar-refractivity contribution in [3.05, 3.63) is 0 Å². The first kappa shape index (κ1) is 17.2. The van der Waals surface area contributed by atoms with Crippen LogP contribution >= 0.6 is 0 Å². The van der Waals surface area contributed by atoms with E-state index in [4.69, 9.17) is 0 Å². The van der Waals surface area contributed by atoms with Crippen LogP contribution in [0.4, 0.5) is 0 Å².